The monoisotopic (exact) mass is 368 g/mol. The number of nitrogens with one attached hydrogen (secondary N) is 2. The lowest BCUT2D eigenvalue weighted by Crippen LogP contribution is -2.30. The molecule has 0 spiro atoms. The molecule has 8 heteroatoms. The van der Waals surface area contributed by atoms with Crippen LogP contribution in [0.3, 0.4) is 0 Å². The van der Waals surface area contributed by atoms with Gasteiger partial charge in [0.2, 0.25) is 5.95 Å². The number of nitrogens with zero attached hydrogens (tertiary/aromatic N) is 2. The number of aromatic nitrogens is 2. The van der Waals surface area contributed by atoms with Gasteiger partial charge in [-0.1, -0.05) is 43.7 Å². The Balaban J connectivity index is 2.25. The van der Waals surface area contributed by atoms with Gasteiger partial charge in [-0.25, -0.2) is 4.98 Å². The molecule has 0 saturated carbocycles. The summed E-state index contributed by atoms with van der Waals surface area (Å²) in [5.41, 5.74) is 0.956. The van der Waals surface area contributed by atoms with E-state index in [0.29, 0.717) is 6.54 Å². The van der Waals surface area contributed by atoms with Crippen molar-refractivity contribution in [3.05, 3.63) is 47.2 Å². The highest BCUT2D eigenvalue weighted by molar-refractivity contribution is 5.44. The van der Waals surface area contributed by atoms with Gasteiger partial charge in [-0.15, -0.1) is 0 Å². The molecule has 0 aliphatic carbocycles. The number of aliphatic hydroxyl groups is 1. The number of halogens is 3. The predicted molar refractivity (Wildman–Crippen MR) is 94.9 cm³/mol. The van der Waals surface area contributed by atoms with Gasteiger partial charge in [-0.2, -0.15) is 18.2 Å². The van der Waals surface area contributed by atoms with E-state index in [1.165, 1.54) is 0 Å². The zero-order valence-corrected chi connectivity index (χ0v) is 14.9. The first-order chi connectivity index (χ1) is 12.2. The quantitative estimate of drug-likeness (QED) is 0.693. The largest absolute Gasteiger partial charge is 0.433 e. The number of aliphatic hydroxyl groups excluding tert-OH is 1. The van der Waals surface area contributed by atoms with Crippen molar-refractivity contribution in [1.82, 2.24) is 9.97 Å². The number of alkyl halides is 3. The van der Waals surface area contributed by atoms with Crippen LogP contribution in [0.4, 0.5) is 24.9 Å². The molecule has 0 bridgehead atoms. The Bertz CT molecular complexity index is 735. The Morgan fingerprint density at radius 2 is 1.88 bits per heavy atom. The maximum atomic E-state index is 13.1. The van der Waals surface area contributed by atoms with Crippen molar-refractivity contribution in [2.45, 2.75) is 39.5 Å². The normalized spacial score (nSPS) is 12.9. The van der Waals surface area contributed by atoms with Gasteiger partial charge in [0.15, 0.2) is 5.69 Å². The average molecular weight is 368 g/mol. The molecule has 1 aromatic heterocycles. The molecule has 1 aromatic carbocycles. The van der Waals surface area contributed by atoms with Gasteiger partial charge in [0.05, 0.1) is 12.6 Å². The average Bonchev–Trinajstić information content (AvgIpc) is 2.57. The van der Waals surface area contributed by atoms with Crippen LogP contribution in [-0.4, -0.2) is 27.7 Å². The minimum absolute atomic E-state index is 0.00171. The molecular weight excluding hydrogens is 345 g/mol. The van der Waals surface area contributed by atoms with Crippen LogP contribution in [0.15, 0.2) is 30.3 Å². The summed E-state index contributed by atoms with van der Waals surface area (Å²) in [6.45, 7) is 5.74. The third kappa shape index (κ3) is 5.59. The van der Waals surface area contributed by atoms with Crippen LogP contribution in [-0.2, 0) is 12.7 Å². The second-order valence-corrected chi connectivity index (χ2v) is 6.48. The van der Waals surface area contributed by atoms with Crippen molar-refractivity contribution in [3.8, 4) is 0 Å². The molecule has 0 fully saturated rings. The number of hydrogen-bond acceptors (Lipinski definition) is 5. The van der Waals surface area contributed by atoms with E-state index < -0.39 is 17.9 Å². The second-order valence-electron chi connectivity index (χ2n) is 6.48. The molecule has 5 nitrogen and oxygen atoms in total. The molecular formula is C18H23F3N4O. The van der Waals surface area contributed by atoms with E-state index in [-0.39, 0.29) is 24.3 Å². The highest BCUT2D eigenvalue weighted by Gasteiger charge is 2.34. The summed E-state index contributed by atoms with van der Waals surface area (Å²) < 4.78 is 39.4. The zero-order chi connectivity index (χ0) is 19.3. The Hall–Kier alpha value is -2.35. The van der Waals surface area contributed by atoms with Crippen molar-refractivity contribution in [2.75, 3.05) is 17.2 Å². The number of rotatable bonds is 7. The van der Waals surface area contributed by atoms with Crippen LogP contribution in [0.25, 0.3) is 0 Å². The minimum Gasteiger partial charge on any atom is -0.394 e. The molecule has 2 rings (SSSR count). The summed E-state index contributed by atoms with van der Waals surface area (Å²) >= 11 is 0. The van der Waals surface area contributed by atoms with Gasteiger partial charge in [-0.05, 0) is 18.4 Å². The Kier molecular flexibility index (Phi) is 6.42. The third-order valence-electron chi connectivity index (χ3n) is 3.89. The first-order valence-electron chi connectivity index (χ1n) is 8.32. The molecule has 0 aliphatic heterocycles. The van der Waals surface area contributed by atoms with E-state index in [2.05, 4.69) is 20.6 Å². The Labute approximate surface area is 150 Å². The maximum absolute atomic E-state index is 13.1. The van der Waals surface area contributed by atoms with E-state index in [1.54, 1.807) is 0 Å². The minimum atomic E-state index is -4.59. The molecule has 0 saturated heterocycles. The van der Waals surface area contributed by atoms with Crippen LogP contribution in [0.1, 0.15) is 30.7 Å². The van der Waals surface area contributed by atoms with Crippen LogP contribution in [0.2, 0.25) is 0 Å². The number of benzene rings is 1. The van der Waals surface area contributed by atoms with E-state index >= 15 is 0 Å². The highest BCUT2D eigenvalue weighted by Crippen LogP contribution is 2.30. The number of aryl methyl sites for hydroxylation is 1. The molecule has 0 amide bonds. The summed E-state index contributed by atoms with van der Waals surface area (Å²) in [5.74, 6) is -0.0991. The van der Waals surface area contributed by atoms with Crippen molar-refractivity contribution in [2.24, 2.45) is 5.92 Å². The van der Waals surface area contributed by atoms with Gasteiger partial charge in [0, 0.05) is 12.6 Å². The summed E-state index contributed by atoms with van der Waals surface area (Å²) in [6.07, 6.45) is -4.59. The molecule has 1 heterocycles. The van der Waals surface area contributed by atoms with Crippen LogP contribution < -0.4 is 10.6 Å². The third-order valence-corrected chi connectivity index (χ3v) is 3.89. The Morgan fingerprint density at radius 3 is 2.46 bits per heavy atom. The lowest BCUT2D eigenvalue weighted by Gasteiger charge is -2.21. The first kappa shape index (κ1) is 20.0. The maximum Gasteiger partial charge on any atom is 0.433 e. The molecule has 26 heavy (non-hydrogen) atoms. The van der Waals surface area contributed by atoms with Gasteiger partial charge in [0.25, 0.3) is 0 Å². The molecule has 0 aliphatic rings. The molecule has 2 aromatic rings. The molecule has 0 radical (unpaired) electrons. The van der Waals surface area contributed by atoms with E-state index in [9.17, 15) is 18.3 Å². The van der Waals surface area contributed by atoms with Crippen molar-refractivity contribution >= 4 is 11.8 Å². The van der Waals surface area contributed by atoms with Crippen LogP contribution in [0.5, 0.6) is 0 Å². The summed E-state index contributed by atoms with van der Waals surface area (Å²) in [5, 5.41) is 15.1. The van der Waals surface area contributed by atoms with Gasteiger partial charge < -0.3 is 15.7 Å². The fraction of sp³-hybridized carbons (Fsp3) is 0.444. The summed E-state index contributed by atoms with van der Waals surface area (Å²) in [7, 11) is 0. The predicted octanol–water partition coefficient (Wildman–Crippen LogP) is 3.84. The molecule has 3 N–H and O–H groups in total. The van der Waals surface area contributed by atoms with Gasteiger partial charge in [0.1, 0.15) is 5.82 Å². The molecule has 142 valence electrons. The smallest absolute Gasteiger partial charge is 0.394 e. The highest BCUT2D eigenvalue weighted by atomic mass is 19.4. The van der Waals surface area contributed by atoms with Crippen LogP contribution in [0, 0.1) is 12.8 Å². The zero-order valence-electron chi connectivity index (χ0n) is 14.9. The number of hydrogen-bond donors (Lipinski definition) is 3. The number of anilines is 2. The molecule has 0 unspecified atom stereocenters. The van der Waals surface area contributed by atoms with E-state index in [4.69, 9.17) is 0 Å². The fourth-order valence-corrected chi connectivity index (χ4v) is 2.35. The standard InChI is InChI=1S/C18H23F3N4O/c1-11(2)14(10-26)23-17-24-15(18(19,20)21)8-16(25-17)22-9-13-6-4-5-12(3)7-13/h4-8,11,14,26H,9-10H2,1-3H3,(H2,22,23,24,25)/t14-/m0/s1. The van der Waals surface area contributed by atoms with Crippen molar-refractivity contribution in [1.29, 1.82) is 0 Å². The second kappa shape index (κ2) is 8.35. The lowest BCUT2D eigenvalue weighted by atomic mass is 10.1. The lowest BCUT2D eigenvalue weighted by molar-refractivity contribution is -0.141. The Morgan fingerprint density at radius 1 is 1.15 bits per heavy atom. The first-order valence-corrected chi connectivity index (χ1v) is 8.32. The summed E-state index contributed by atoms with van der Waals surface area (Å²) in [6, 6.07) is 8.09. The van der Waals surface area contributed by atoms with E-state index in [1.807, 2.05) is 45.0 Å². The fourth-order valence-electron chi connectivity index (χ4n) is 2.35. The van der Waals surface area contributed by atoms with E-state index in [0.717, 1.165) is 17.2 Å². The molecule has 1 atom stereocenters. The van der Waals surface area contributed by atoms with Crippen LogP contribution >= 0.6 is 0 Å². The van der Waals surface area contributed by atoms with Crippen molar-refractivity contribution in [3.63, 3.8) is 0 Å². The topological polar surface area (TPSA) is 70.1 Å². The summed E-state index contributed by atoms with van der Waals surface area (Å²) in [4.78, 5) is 7.66. The van der Waals surface area contributed by atoms with Gasteiger partial charge in [-0.3, -0.25) is 0 Å². The SMILES string of the molecule is Cc1cccc(CNc2cc(C(F)(F)F)nc(N[C@@H](CO)C(C)C)n2)c1. The van der Waals surface area contributed by atoms with Gasteiger partial charge >= 0.3 is 6.18 Å². The van der Waals surface area contributed by atoms with Crippen molar-refractivity contribution < 1.29 is 18.3 Å².